The lowest BCUT2D eigenvalue weighted by molar-refractivity contribution is 0.0705. The van der Waals surface area contributed by atoms with Gasteiger partial charge in [0.15, 0.2) is 5.82 Å². The Morgan fingerprint density at radius 1 is 1.22 bits per heavy atom. The predicted molar refractivity (Wildman–Crippen MR) is 86.0 cm³/mol. The molecule has 1 aromatic carbocycles. The highest BCUT2D eigenvalue weighted by Crippen LogP contribution is 2.21. The Kier molecular flexibility index (Phi) is 3.94. The molecule has 2 aromatic rings. The second-order valence-corrected chi connectivity index (χ2v) is 5.70. The van der Waals surface area contributed by atoms with Gasteiger partial charge in [-0.25, -0.2) is 0 Å². The summed E-state index contributed by atoms with van der Waals surface area (Å²) in [4.78, 5) is 16.3. The summed E-state index contributed by atoms with van der Waals surface area (Å²) in [7, 11) is 1.81. The van der Waals surface area contributed by atoms with Crippen LogP contribution in [-0.2, 0) is 0 Å². The summed E-state index contributed by atoms with van der Waals surface area (Å²) in [6.07, 6.45) is 0. The third-order valence-electron chi connectivity index (χ3n) is 4.10. The highest BCUT2D eigenvalue weighted by atomic mass is 16.2. The van der Waals surface area contributed by atoms with Gasteiger partial charge in [0, 0.05) is 25.7 Å². The molecule has 0 bridgehead atoms. The first-order chi connectivity index (χ1) is 11.1. The first-order valence-electron chi connectivity index (χ1n) is 7.41. The predicted octanol–water partition coefficient (Wildman–Crippen LogP) is 1.62. The zero-order chi connectivity index (χ0) is 16.4. The summed E-state index contributed by atoms with van der Waals surface area (Å²) < 4.78 is 0. The van der Waals surface area contributed by atoms with E-state index in [1.165, 1.54) is 0 Å². The largest absolute Gasteiger partial charge is 0.351 e. The number of aromatic nitrogens is 2. The third-order valence-corrected chi connectivity index (χ3v) is 4.10. The fraction of sp³-hybridized carbons (Fsp3) is 0.294. The average molecular weight is 307 g/mol. The minimum atomic E-state index is -0.0332. The van der Waals surface area contributed by atoms with Gasteiger partial charge in [-0.15, -0.1) is 5.10 Å². The minimum absolute atomic E-state index is 0.0332. The summed E-state index contributed by atoms with van der Waals surface area (Å²) >= 11 is 0. The highest BCUT2D eigenvalue weighted by molar-refractivity contribution is 5.94. The summed E-state index contributed by atoms with van der Waals surface area (Å²) in [5.74, 6) is 0.806. The number of amides is 1. The van der Waals surface area contributed by atoms with Crippen molar-refractivity contribution in [1.82, 2.24) is 15.1 Å². The molecule has 0 N–H and O–H groups in total. The van der Waals surface area contributed by atoms with Crippen LogP contribution in [0.15, 0.2) is 36.4 Å². The van der Waals surface area contributed by atoms with E-state index < -0.39 is 0 Å². The molecule has 6 nitrogen and oxygen atoms in total. The van der Waals surface area contributed by atoms with Crippen LogP contribution in [0.25, 0.3) is 0 Å². The van der Waals surface area contributed by atoms with Crippen molar-refractivity contribution in [2.75, 3.05) is 25.0 Å². The molecule has 1 aromatic heterocycles. The van der Waals surface area contributed by atoms with Crippen molar-refractivity contribution in [2.45, 2.75) is 13.0 Å². The van der Waals surface area contributed by atoms with Gasteiger partial charge in [-0.2, -0.15) is 10.4 Å². The van der Waals surface area contributed by atoms with Crippen molar-refractivity contribution < 1.29 is 4.79 Å². The molecule has 0 spiro atoms. The number of carbonyl (C=O) groups excluding carboxylic acids is 1. The minimum Gasteiger partial charge on any atom is -0.351 e. The number of anilines is 1. The lowest BCUT2D eigenvalue weighted by atomic mass is 10.1. The molecule has 0 atom stereocenters. The van der Waals surface area contributed by atoms with Crippen LogP contribution < -0.4 is 4.90 Å². The molecular formula is C17H17N5O. The smallest absolute Gasteiger partial charge is 0.253 e. The average Bonchev–Trinajstić information content (AvgIpc) is 2.54. The quantitative estimate of drug-likeness (QED) is 0.861. The zero-order valence-electron chi connectivity index (χ0n) is 13.1. The molecule has 1 saturated heterocycles. The van der Waals surface area contributed by atoms with Gasteiger partial charge >= 0.3 is 0 Å². The highest BCUT2D eigenvalue weighted by Gasteiger charge is 2.33. The van der Waals surface area contributed by atoms with Crippen LogP contribution in [0.2, 0.25) is 0 Å². The van der Waals surface area contributed by atoms with Crippen LogP contribution in [0, 0.1) is 18.3 Å². The van der Waals surface area contributed by atoms with Gasteiger partial charge in [0.25, 0.3) is 5.91 Å². The number of likely N-dealkylation sites (N-methyl/N-ethyl adjacent to an activating group) is 1. The Labute approximate surface area is 135 Å². The fourth-order valence-corrected chi connectivity index (χ4v) is 2.50. The monoisotopic (exact) mass is 307 g/mol. The molecule has 23 heavy (non-hydrogen) atoms. The van der Waals surface area contributed by atoms with Crippen molar-refractivity contribution in [1.29, 1.82) is 5.26 Å². The normalized spacial score (nSPS) is 14.0. The van der Waals surface area contributed by atoms with Crippen LogP contribution in [0.5, 0.6) is 0 Å². The molecule has 1 fully saturated rings. The summed E-state index contributed by atoms with van der Waals surface area (Å²) in [5.41, 5.74) is 2.04. The fourth-order valence-electron chi connectivity index (χ4n) is 2.50. The first kappa shape index (κ1) is 15.0. The Morgan fingerprint density at radius 2 is 1.91 bits per heavy atom. The maximum Gasteiger partial charge on any atom is 0.253 e. The van der Waals surface area contributed by atoms with Crippen LogP contribution in [0.1, 0.15) is 21.6 Å². The molecule has 0 aliphatic carbocycles. The van der Waals surface area contributed by atoms with E-state index in [1.54, 1.807) is 29.2 Å². The van der Waals surface area contributed by atoms with Crippen LogP contribution in [0.4, 0.5) is 5.82 Å². The zero-order valence-corrected chi connectivity index (χ0v) is 13.1. The van der Waals surface area contributed by atoms with Crippen molar-refractivity contribution in [2.24, 2.45) is 0 Å². The molecule has 3 rings (SSSR count). The lowest BCUT2D eigenvalue weighted by Crippen LogP contribution is -2.60. The Bertz CT molecular complexity index is 742. The number of hydrogen-bond donors (Lipinski definition) is 0. The van der Waals surface area contributed by atoms with Crippen LogP contribution in [0.3, 0.4) is 0 Å². The molecule has 1 aliphatic rings. The second-order valence-electron chi connectivity index (χ2n) is 5.70. The van der Waals surface area contributed by atoms with Gasteiger partial charge in [0.1, 0.15) is 0 Å². The van der Waals surface area contributed by atoms with Gasteiger partial charge in [0.2, 0.25) is 0 Å². The molecule has 0 unspecified atom stereocenters. The topological polar surface area (TPSA) is 73.1 Å². The van der Waals surface area contributed by atoms with E-state index in [-0.39, 0.29) is 11.9 Å². The number of aryl methyl sites for hydroxylation is 1. The number of benzene rings is 1. The number of nitrogens with zero attached hydrogens (tertiary/aromatic N) is 5. The van der Waals surface area contributed by atoms with E-state index in [1.807, 2.05) is 26.1 Å². The van der Waals surface area contributed by atoms with Crippen molar-refractivity contribution in [3.05, 3.63) is 53.2 Å². The van der Waals surface area contributed by atoms with Gasteiger partial charge < -0.3 is 9.80 Å². The molecule has 1 amide bonds. The van der Waals surface area contributed by atoms with E-state index in [2.05, 4.69) is 21.2 Å². The number of hydrogen-bond acceptors (Lipinski definition) is 5. The number of rotatable bonds is 3. The van der Waals surface area contributed by atoms with Gasteiger partial charge in [-0.3, -0.25) is 4.79 Å². The molecule has 0 radical (unpaired) electrons. The van der Waals surface area contributed by atoms with Gasteiger partial charge in [-0.05, 0) is 43.3 Å². The molecule has 116 valence electrons. The summed E-state index contributed by atoms with van der Waals surface area (Å²) in [5, 5.41) is 17.0. The van der Waals surface area contributed by atoms with Crippen LogP contribution in [-0.4, -0.2) is 47.2 Å². The second kappa shape index (κ2) is 6.05. The maximum atomic E-state index is 12.5. The van der Waals surface area contributed by atoms with Gasteiger partial charge in [0.05, 0.1) is 23.4 Å². The van der Waals surface area contributed by atoms with Crippen molar-refractivity contribution >= 4 is 11.7 Å². The maximum absolute atomic E-state index is 12.5. The summed E-state index contributed by atoms with van der Waals surface area (Å²) in [6.45, 7) is 3.40. The van der Waals surface area contributed by atoms with E-state index in [4.69, 9.17) is 5.26 Å². The molecule has 2 heterocycles. The molecule has 0 saturated carbocycles. The van der Waals surface area contributed by atoms with E-state index in [9.17, 15) is 4.79 Å². The standard InChI is InChI=1S/C17H17N5O/c1-12-3-8-16(20-19-12)22-10-15(11-22)21(2)17(23)14-6-4-13(9-18)5-7-14/h3-8,15H,10-11H2,1-2H3. The third kappa shape index (κ3) is 2.99. The van der Waals surface area contributed by atoms with E-state index >= 15 is 0 Å². The van der Waals surface area contributed by atoms with Crippen molar-refractivity contribution in [3.63, 3.8) is 0 Å². The Balaban J connectivity index is 1.61. The molecule has 6 heteroatoms. The summed E-state index contributed by atoms with van der Waals surface area (Å²) in [6, 6.07) is 12.8. The van der Waals surface area contributed by atoms with E-state index in [0.717, 1.165) is 24.6 Å². The van der Waals surface area contributed by atoms with Crippen LogP contribution >= 0.6 is 0 Å². The van der Waals surface area contributed by atoms with Gasteiger partial charge in [-0.1, -0.05) is 0 Å². The first-order valence-corrected chi connectivity index (χ1v) is 7.41. The Hall–Kier alpha value is -2.94. The van der Waals surface area contributed by atoms with Crippen molar-refractivity contribution in [3.8, 4) is 6.07 Å². The Morgan fingerprint density at radius 3 is 2.48 bits per heavy atom. The number of carbonyl (C=O) groups is 1. The lowest BCUT2D eigenvalue weighted by Gasteiger charge is -2.44. The molecular weight excluding hydrogens is 290 g/mol. The SMILES string of the molecule is Cc1ccc(N2CC(N(C)C(=O)c3ccc(C#N)cc3)C2)nn1. The van der Waals surface area contributed by atoms with E-state index in [0.29, 0.717) is 11.1 Å². The molecule has 1 aliphatic heterocycles. The number of nitriles is 1.